The largest absolute Gasteiger partial charge is 0.462 e. The van der Waals surface area contributed by atoms with Crippen LogP contribution in [0.15, 0.2) is 22.5 Å². The molecule has 5 nitrogen and oxygen atoms in total. The number of esters is 1. The second kappa shape index (κ2) is 9.46. The van der Waals surface area contributed by atoms with E-state index < -0.39 is 0 Å². The molecule has 1 aromatic heterocycles. The van der Waals surface area contributed by atoms with Crippen LogP contribution < -0.4 is 10.6 Å². The van der Waals surface area contributed by atoms with E-state index in [4.69, 9.17) is 4.74 Å². The summed E-state index contributed by atoms with van der Waals surface area (Å²) in [5.74, 6) is 0.688. The first-order valence-corrected chi connectivity index (χ1v) is 8.82. The van der Waals surface area contributed by atoms with Crippen molar-refractivity contribution < 1.29 is 9.53 Å². The maximum Gasteiger partial charge on any atom is 0.306 e. The Morgan fingerprint density at radius 3 is 2.91 bits per heavy atom. The van der Waals surface area contributed by atoms with Gasteiger partial charge in [-0.2, -0.15) is 0 Å². The normalized spacial score (nSPS) is 15.8. The minimum absolute atomic E-state index is 0.0739. The highest BCUT2D eigenvalue weighted by Crippen LogP contribution is 2.21. The van der Waals surface area contributed by atoms with Crippen LogP contribution in [0.5, 0.6) is 0 Å². The molecule has 1 fully saturated rings. The minimum atomic E-state index is -0.0739. The molecule has 0 radical (unpaired) electrons. The van der Waals surface area contributed by atoms with E-state index in [1.807, 2.05) is 6.07 Å². The molecule has 1 aliphatic carbocycles. The second-order valence-corrected chi connectivity index (χ2v) is 6.46. The molecule has 2 rings (SSSR count). The van der Waals surface area contributed by atoms with Crippen molar-refractivity contribution in [1.82, 2.24) is 10.6 Å². The van der Waals surface area contributed by atoms with Gasteiger partial charge in [0.05, 0.1) is 6.54 Å². The number of hydrogen-bond donors (Lipinski definition) is 2. The molecule has 1 aliphatic rings. The molecule has 0 unspecified atom stereocenters. The Balaban J connectivity index is 1.55. The molecule has 1 saturated carbocycles. The van der Waals surface area contributed by atoms with Gasteiger partial charge in [-0.15, -0.1) is 11.3 Å². The van der Waals surface area contributed by atoms with Gasteiger partial charge in [0.2, 0.25) is 0 Å². The molecule has 0 bridgehead atoms. The van der Waals surface area contributed by atoms with Crippen LogP contribution in [-0.2, 0) is 16.1 Å². The first-order chi connectivity index (χ1) is 10.8. The lowest BCUT2D eigenvalue weighted by Crippen LogP contribution is -2.37. The quantitative estimate of drug-likeness (QED) is 0.350. The average Bonchev–Trinajstić information content (AvgIpc) is 3.20. The molecule has 6 heteroatoms. The number of guanidine groups is 1. The van der Waals surface area contributed by atoms with Crippen molar-refractivity contribution in [3.63, 3.8) is 0 Å². The molecule has 22 heavy (non-hydrogen) atoms. The second-order valence-electron chi connectivity index (χ2n) is 5.43. The van der Waals surface area contributed by atoms with Gasteiger partial charge in [0.15, 0.2) is 5.96 Å². The van der Waals surface area contributed by atoms with E-state index in [0.717, 1.165) is 31.8 Å². The van der Waals surface area contributed by atoms with Crippen LogP contribution in [-0.4, -0.2) is 31.6 Å². The van der Waals surface area contributed by atoms with E-state index in [2.05, 4.69) is 27.1 Å². The fourth-order valence-electron chi connectivity index (χ4n) is 2.50. The number of aliphatic imine (C=N–C) groups is 1. The first kappa shape index (κ1) is 16.8. The lowest BCUT2D eigenvalue weighted by molar-refractivity contribution is -0.148. The third-order valence-electron chi connectivity index (χ3n) is 3.68. The van der Waals surface area contributed by atoms with Gasteiger partial charge in [0.25, 0.3) is 0 Å². The van der Waals surface area contributed by atoms with Gasteiger partial charge < -0.3 is 15.4 Å². The van der Waals surface area contributed by atoms with Gasteiger partial charge in [-0.25, -0.2) is 0 Å². The van der Waals surface area contributed by atoms with Crippen LogP contribution in [0, 0.1) is 0 Å². The maximum absolute atomic E-state index is 11.7. The summed E-state index contributed by atoms with van der Waals surface area (Å²) in [5.41, 5.74) is 0. The van der Waals surface area contributed by atoms with E-state index in [1.54, 1.807) is 18.4 Å². The molecule has 0 spiro atoms. The molecular formula is C16H25N3O2S. The summed E-state index contributed by atoms with van der Waals surface area (Å²) < 4.78 is 5.43. The van der Waals surface area contributed by atoms with E-state index in [1.165, 1.54) is 17.7 Å². The van der Waals surface area contributed by atoms with E-state index >= 15 is 0 Å². The number of nitrogens with one attached hydrogen (secondary N) is 2. The topological polar surface area (TPSA) is 62.7 Å². The Morgan fingerprint density at radius 1 is 1.41 bits per heavy atom. The lowest BCUT2D eigenvalue weighted by Gasteiger charge is -2.12. The SMILES string of the molecule is CN=C(NCCCC(=O)OC1CCCC1)NCc1cccs1. The van der Waals surface area contributed by atoms with Crippen LogP contribution in [0.25, 0.3) is 0 Å². The van der Waals surface area contributed by atoms with Gasteiger partial charge in [-0.1, -0.05) is 6.07 Å². The maximum atomic E-state index is 11.7. The number of carbonyl (C=O) groups excluding carboxylic acids is 1. The standard InChI is InChI=1S/C16H25N3O2S/c1-17-16(19-12-14-8-5-11-22-14)18-10-4-9-15(20)21-13-6-2-3-7-13/h5,8,11,13H,2-4,6-7,9-10,12H2,1H3,(H2,17,18,19). The van der Waals surface area contributed by atoms with Crippen molar-refractivity contribution in [2.24, 2.45) is 4.99 Å². The highest BCUT2D eigenvalue weighted by atomic mass is 32.1. The highest BCUT2D eigenvalue weighted by Gasteiger charge is 2.18. The number of rotatable bonds is 7. The average molecular weight is 323 g/mol. The summed E-state index contributed by atoms with van der Waals surface area (Å²) in [7, 11) is 1.75. The summed E-state index contributed by atoms with van der Waals surface area (Å²) in [5, 5.41) is 8.53. The van der Waals surface area contributed by atoms with Crippen molar-refractivity contribution in [2.45, 2.75) is 51.2 Å². The third-order valence-corrected chi connectivity index (χ3v) is 4.56. The van der Waals surface area contributed by atoms with Crippen molar-refractivity contribution in [3.05, 3.63) is 22.4 Å². The zero-order valence-electron chi connectivity index (χ0n) is 13.1. The first-order valence-electron chi connectivity index (χ1n) is 7.94. The molecule has 122 valence electrons. The predicted molar refractivity (Wildman–Crippen MR) is 90.1 cm³/mol. The van der Waals surface area contributed by atoms with Crippen LogP contribution in [0.4, 0.5) is 0 Å². The molecule has 0 atom stereocenters. The van der Waals surface area contributed by atoms with Crippen molar-refractivity contribution in [2.75, 3.05) is 13.6 Å². The van der Waals surface area contributed by atoms with Gasteiger partial charge in [-0.3, -0.25) is 9.79 Å². The molecule has 2 N–H and O–H groups in total. The fraction of sp³-hybridized carbons (Fsp3) is 0.625. The number of thiophene rings is 1. The summed E-state index contributed by atoms with van der Waals surface area (Å²) in [6, 6.07) is 4.12. The van der Waals surface area contributed by atoms with Crippen LogP contribution in [0.3, 0.4) is 0 Å². The Kier molecular flexibility index (Phi) is 7.22. The van der Waals surface area contributed by atoms with Crippen molar-refractivity contribution >= 4 is 23.3 Å². The van der Waals surface area contributed by atoms with Crippen LogP contribution in [0.2, 0.25) is 0 Å². The van der Waals surface area contributed by atoms with Gasteiger partial charge in [0.1, 0.15) is 6.10 Å². The summed E-state index contributed by atoms with van der Waals surface area (Å²) >= 11 is 1.72. The Bertz CT molecular complexity index is 468. The Labute approximate surface area is 136 Å². The fourth-order valence-corrected chi connectivity index (χ4v) is 3.14. The molecule has 0 aromatic carbocycles. The Hall–Kier alpha value is -1.56. The molecule has 1 heterocycles. The molecular weight excluding hydrogens is 298 g/mol. The lowest BCUT2D eigenvalue weighted by atomic mass is 10.3. The van der Waals surface area contributed by atoms with Gasteiger partial charge in [-0.05, 0) is 43.6 Å². The molecule has 0 amide bonds. The number of hydrogen-bond acceptors (Lipinski definition) is 4. The van der Waals surface area contributed by atoms with E-state index in [9.17, 15) is 4.79 Å². The van der Waals surface area contributed by atoms with Gasteiger partial charge >= 0.3 is 5.97 Å². The minimum Gasteiger partial charge on any atom is -0.462 e. The van der Waals surface area contributed by atoms with Gasteiger partial charge in [0, 0.05) is 24.9 Å². The summed E-state index contributed by atoms with van der Waals surface area (Å²) in [6.07, 6.45) is 5.82. The van der Waals surface area contributed by atoms with E-state index in [0.29, 0.717) is 13.0 Å². The van der Waals surface area contributed by atoms with E-state index in [-0.39, 0.29) is 12.1 Å². The third kappa shape index (κ3) is 6.05. The number of nitrogens with zero attached hydrogens (tertiary/aromatic N) is 1. The summed E-state index contributed by atoms with van der Waals surface area (Å²) in [4.78, 5) is 17.1. The predicted octanol–water partition coefficient (Wildman–Crippen LogP) is 2.68. The number of carbonyl (C=O) groups is 1. The highest BCUT2D eigenvalue weighted by molar-refractivity contribution is 7.09. The van der Waals surface area contributed by atoms with Crippen molar-refractivity contribution in [3.8, 4) is 0 Å². The number of ether oxygens (including phenoxy) is 1. The van der Waals surface area contributed by atoms with Crippen molar-refractivity contribution in [1.29, 1.82) is 0 Å². The zero-order chi connectivity index (χ0) is 15.6. The molecule has 0 saturated heterocycles. The molecule has 0 aliphatic heterocycles. The monoisotopic (exact) mass is 323 g/mol. The Morgan fingerprint density at radius 2 is 2.23 bits per heavy atom. The summed E-state index contributed by atoms with van der Waals surface area (Å²) in [6.45, 7) is 1.48. The van der Waals surface area contributed by atoms with Crippen LogP contribution >= 0.6 is 11.3 Å². The van der Waals surface area contributed by atoms with Crippen LogP contribution in [0.1, 0.15) is 43.4 Å². The molecule has 1 aromatic rings. The zero-order valence-corrected chi connectivity index (χ0v) is 14.0. The smallest absolute Gasteiger partial charge is 0.306 e.